The third kappa shape index (κ3) is 3.57. The monoisotopic (exact) mass is 412 g/mol. The Hall–Kier alpha value is -1.53. The lowest BCUT2D eigenvalue weighted by molar-refractivity contribution is 0.102. The van der Waals surface area contributed by atoms with Crippen molar-refractivity contribution in [3.63, 3.8) is 0 Å². The smallest absolute Gasteiger partial charge is 0.259 e. The molecule has 0 saturated heterocycles. The molecule has 6 heteroatoms. The van der Waals surface area contributed by atoms with E-state index in [2.05, 4.69) is 37.2 Å². The van der Waals surface area contributed by atoms with Gasteiger partial charge in [-0.05, 0) is 58.7 Å². The molecule has 4 nitrogen and oxygen atoms in total. The van der Waals surface area contributed by atoms with Crippen LogP contribution in [0.3, 0.4) is 0 Å². The Labute approximate surface area is 139 Å². The Morgan fingerprint density at radius 3 is 2.62 bits per heavy atom. The normalized spacial score (nSPS) is 10.3. The maximum absolute atomic E-state index is 12.4. The summed E-state index contributed by atoms with van der Waals surface area (Å²) in [5.74, 6) is 0.237. The van der Waals surface area contributed by atoms with Gasteiger partial charge in [0.2, 0.25) is 0 Å². The molecule has 0 saturated carbocycles. The lowest BCUT2D eigenvalue weighted by Crippen LogP contribution is -2.14. The fraction of sp³-hybridized carbons (Fsp3) is 0.133. The molecule has 3 N–H and O–H groups in total. The molecule has 0 atom stereocenters. The standard InChI is InChI=1S/C15H14Br2N2O2/c1-8-5-11(17)13(7-12(8)18)19-15(20)10-4-3-9(16)6-14(10)21-2/h3-7H,18H2,1-2H3,(H,19,20). The highest BCUT2D eigenvalue weighted by Gasteiger charge is 2.14. The zero-order valence-electron chi connectivity index (χ0n) is 11.5. The number of amides is 1. The van der Waals surface area contributed by atoms with Crippen LogP contribution in [0, 0.1) is 6.92 Å². The summed E-state index contributed by atoms with van der Waals surface area (Å²) < 4.78 is 6.85. The number of ether oxygens (including phenoxy) is 1. The van der Waals surface area contributed by atoms with Crippen LogP contribution < -0.4 is 15.8 Å². The minimum atomic E-state index is -0.261. The third-order valence-electron chi connectivity index (χ3n) is 3.01. The first-order valence-corrected chi connectivity index (χ1v) is 7.71. The number of rotatable bonds is 3. The van der Waals surface area contributed by atoms with Gasteiger partial charge in [0.05, 0.1) is 18.4 Å². The number of nitrogen functional groups attached to an aromatic ring is 1. The largest absolute Gasteiger partial charge is 0.496 e. The van der Waals surface area contributed by atoms with Crippen molar-refractivity contribution in [2.45, 2.75) is 6.92 Å². The van der Waals surface area contributed by atoms with Gasteiger partial charge < -0.3 is 15.8 Å². The van der Waals surface area contributed by atoms with E-state index in [1.165, 1.54) is 7.11 Å². The van der Waals surface area contributed by atoms with Crippen molar-refractivity contribution < 1.29 is 9.53 Å². The summed E-state index contributed by atoms with van der Waals surface area (Å²) in [6.45, 7) is 1.91. The number of hydrogen-bond donors (Lipinski definition) is 2. The summed E-state index contributed by atoms with van der Waals surface area (Å²) in [5.41, 5.74) is 8.51. The quantitative estimate of drug-likeness (QED) is 0.734. The van der Waals surface area contributed by atoms with Crippen LogP contribution >= 0.6 is 31.9 Å². The Morgan fingerprint density at radius 1 is 1.24 bits per heavy atom. The van der Waals surface area contributed by atoms with Gasteiger partial charge >= 0.3 is 0 Å². The van der Waals surface area contributed by atoms with Crippen molar-refractivity contribution in [2.24, 2.45) is 0 Å². The zero-order valence-corrected chi connectivity index (χ0v) is 14.7. The van der Waals surface area contributed by atoms with E-state index in [1.807, 2.05) is 13.0 Å². The fourth-order valence-electron chi connectivity index (χ4n) is 1.83. The molecule has 2 rings (SSSR count). The van der Waals surface area contributed by atoms with Gasteiger partial charge in [0, 0.05) is 14.6 Å². The van der Waals surface area contributed by atoms with Gasteiger partial charge in [-0.1, -0.05) is 15.9 Å². The fourth-order valence-corrected chi connectivity index (χ4v) is 2.72. The number of carbonyl (C=O) groups excluding carboxylic acids is 1. The van der Waals surface area contributed by atoms with Crippen molar-refractivity contribution >= 4 is 49.1 Å². The minimum absolute atomic E-state index is 0.261. The number of benzene rings is 2. The van der Waals surface area contributed by atoms with E-state index in [4.69, 9.17) is 10.5 Å². The lowest BCUT2D eigenvalue weighted by atomic mass is 10.1. The van der Waals surface area contributed by atoms with Gasteiger partial charge in [0.1, 0.15) is 5.75 Å². The summed E-state index contributed by atoms with van der Waals surface area (Å²) >= 11 is 6.77. The molecule has 1 amide bonds. The second-order valence-corrected chi connectivity index (χ2v) is 6.26. The predicted molar refractivity (Wildman–Crippen MR) is 91.9 cm³/mol. The molecule has 0 aromatic heterocycles. The van der Waals surface area contributed by atoms with Crippen molar-refractivity contribution in [1.29, 1.82) is 0 Å². The highest BCUT2D eigenvalue weighted by molar-refractivity contribution is 9.10. The second kappa shape index (κ2) is 6.49. The number of nitrogens with one attached hydrogen (secondary N) is 1. The van der Waals surface area contributed by atoms with Crippen LogP contribution in [0.4, 0.5) is 11.4 Å². The Bertz CT molecular complexity index is 702. The molecule has 0 spiro atoms. The first-order chi connectivity index (χ1) is 9.92. The van der Waals surface area contributed by atoms with E-state index in [-0.39, 0.29) is 5.91 Å². The van der Waals surface area contributed by atoms with E-state index in [9.17, 15) is 4.79 Å². The first kappa shape index (κ1) is 15.9. The summed E-state index contributed by atoms with van der Waals surface area (Å²) in [6, 6.07) is 8.82. The topological polar surface area (TPSA) is 64.3 Å². The Balaban J connectivity index is 2.32. The van der Waals surface area contributed by atoms with Gasteiger partial charge in [-0.2, -0.15) is 0 Å². The highest BCUT2D eigenvalue weighted by atomic mass is 79.9. The lowest BCUT2D eigenvalue weighted by Gasteiger charge is -2.12. The summed E-state index contributed by atoms with van der Waals surface area (Å²) in [7, 11) is 1.53. The molecule has 0 aliphatic heterocycles. The molecule has 0 bridgehead atoms. The van der Waals surface area contributed by atoms with Gasteiger partial charge in [0.25, 0.3) is 5.91 Å². The molecule has 21 heavy (non-hydrogen) atoms. The van der Waals surface area contributed by atoms with E-state index >= 15 is 0 Å². The van der Waals surface area contributed by atoms with Gasteiger partial charge in [-0.15, -0.1) is 0 Å². The minimum Gasteiger partial charge on any atom is -0.496 e. The van der Waals surface area contributed by atoms with E-state index in [0.717, 1.165) is 14.5 Å². The second-order valence-electron chi connectivity index (χ2n) is 4.49. The maximum atomic E-state index is 12.4. The molecular formula is C15H14Br2N2O2. The Morgan fingerprint density at radius 2 is 1.95 bits per heavy atom. The van der Waals surface area contributed by atoms with Crippen LogP contribution in [0.1, 0.15) is 15.9 Å². The predicted octanol–water partition coefficient (Wildman–Crippen LogP) is 4.36. The molecule has 0 aliphatic rings. The van der Waals surface area contributed by atoms with Crippen molar-refractivity contribution in [1.82, 2.24) is 0 Å². The number of carbonyl (C=O) groups is 1. The van der Waals surface area contributed by atoms with Crippen molar-refractivity contribution in [3.05, 3.63) is 50.4 Å². The number of methoxy groups -OCH3 is 1. The number of nitrogens with two attached hydrogens (primary N) is 1. The van der Waals surface area contributed by atoms with Crippen LogP contribution in [0.2, 0.25) is 0 Å². The maximum Gasteiger partial charge on any atom is 0.259 e. The molecule has 2 aromatic rings. The average Bonchev–Trinajstić information content (AvgIpc) is 2.44. The summed E-state index contributed by atoms with van der Waals surface area (Å²) in [6.07, 6.45) is 0. The van der Waals surface area contributed by atoms with Crippen molar-refractivity contribution in [3.8, 4) is 5.75 Å². The van der Waals surface area contributed by atoms with Gasteiger partial charge in [0.15, 0.2) is 0 Å². The number of anilines is 2. The van der Waals surface area contributed by atoms with Crippen LogP contribution in [0.25, 0.3) is 0 Å². The summed E-state index contributed by atoms with van der Waals surface area (Å²) in [4.78, 5) is 12.4. The molecule has 2 aromatic carbocycles. The van der Waals surface area contributed by atoms with Gasteiger partial charge in [-0.3, -0.25) is 4.79 Å². The molecule has 0 unspecified atom stereocenters. The van der Waals surface area contributed by atoms with Gasteiger partial charge in [-0.25, -0.2) is 0 Å². The van der Waals surface area contributed by atoms with E-state index < -0.39 is 0 Å². The molecule has 110 valence electrons. The molecule has 0 aliphatic carbocycles. The van der Waals surface area contributed by atoms with E-state index in [1.54, 1.807) is 24.3 Å². The molecule has 0 fully saturated rings. The average molecular weight is 414 g/mol. The van der Waals surface area contributed by atoms with Crippen LogP contribution in [-0.4, -0.2) is 13.0 Å². The summed E-state index contributed by atoms with van der Waals surface area (Å²) in [5, 5.41) is 2.83. The van der Waals surface area contributed by atoms with Crippen LogP contribution in [0.15, 0.2) is 39.3 Å². The number of halogens is 2. The Kier molecular flexibility index (Phi) is 4.90. The molecular weight excluding hydrogens is 400 g/mol. The van der Waals surface area contributed by atoms with E-state index in [0.29, 0.717) is 22.7 Å². The highest BCUT2D eigenvalue weighted by Crippen LogP contribution is 2.29. The van der Waals surface area contributed by atoms with Crippen LogP contribution in [0.5, 0.6) is 5.75 Å². The molecule has 0 heterocycles. The SMILES string of the molecule is COc1cc(Br)ccc1C(=O)Nc1cc(N)c(C)cc1Br. The number of aryl methyl sites for hydroxylation is 1. The third-order valence-corrected chi connectivity index (χ3v) is 4.16. The van der Waals surface area contributed by atoms with Crippen LogP contribution in [-0.2, 0) is 0 Å². The zero-order chi connectivity index (χ0) is 15.6. The first-order valence-electron chi connectivity index (χ1n) is 6.13. The molecule has 0 radical (unpaired) electrons. The number of hydrogen-bond acceptors (Lipinski definition) is 3. The van der Waals surface area contributed by atoms with Crippen molar-refractivity contribution in [2.75, 3.05) is 18.2 Å².